The zero-order valence-corrected chi connectivity index (χ0v) is 13.0. The number of nitrogens with zero attached hydrogens (tertiary/aromatic N) is 1. The van der Waals surface area contributed by atoms with E-state index in [1.165, 1.54) is 0 Å². The molecule has 0 aliphatic heterocycles. The summed E-state index contributed by atoms with van der Waals surface area (Å²) < 4.78 is 0. The molecule has 0 bridgehead atoms. The van der Waals surface area contributed by atoms with Crippen molar-refractivity contribution in [2.75, 3.05) is 5.32 Å². The number of hydrogen-bond donors (Lipinski definition) is 2. The van der Waals surface area contributed by atoms with Gasteiger partial charge in [-0.3, -0.25) is 9.59 Å². The molecule has 2 aromatic carbocycles. The van der Waals surface area contributed by atoms with E-state index in [9.17, 15) is 9.59 Å². The van der Waals surface area contributed by atoms with Gasteiger partial charge in [0.1, 0.15) is 6.04 Å². The standard InChI is InChI=1S/C18H17N3O2/c1-12-5-3-7-15(9-12)18(23)20-13(2)17(22)21-16-8-4-6-14(10-16)11-19/h3-10,13H,1-2H3,(H,20,23)(H,21,22)/t13-/m0/s1. The Morgan fingerprint density at radius 3 is 2.57 bits per heavy atom. The maximum absolute atomic E-state index is 12.1. The lowest BCUT2D eigenvalue weighted by atomic mass is 10.1. The Morgan fingerprint density at radius 1 is 1.13 bits per heavy atom. The fraction of sp³-hybridized carbons (Fsp3) is 0.167. The first-order chi connectivity index (χ1) is 11.0. The van der Waals surface area contributed by atoms with E-state index < -0.39 is 6.04 Å². The Balaban J connectivity index is 1.99. The molecule has 0 saturated heterocycles. The van der Waals surface area contributed by atoms with Gasteiger partial charge in [0.15, 0.2) is 0 Å². The fourth-order valence-corrected chi connectivity index (χ4v) is 2.05. The number of hydrogen-bond acceptors (Lipinski definition) is 3. The molecule has 0 fully saturated rings. The number of carbonyl (C=O) groups is 2. The predicted octanol–water partition coefficient (Wildman–Crippen LogP) is 2.62. The van der Waals surface area contributed by atoms with E-state index >= 15 is 0 Å². The average molecular weight is 307 g/mol. The van der Waals surface area contributed by atoms with Crippen LogP contribution in [0.5, 0.6) is 0 Å². The quantitative estimate of drug-likeness (QED) is 0.911. The van der Waals surface area contributed by atoms with Crippen molar-refractivity contribution in [1.82, 2.24) is 5.32 Å². The van der Waals surface area contributed by atoms with E-state index in [0.29, 0.717) is 16.8 Å². The van der Waals surface area contributed by atoms with Crippen LogP contribution in [0.2, 0.25) is 0 Å². The second kappa shape index (κ2) is 7.23. The third-order valence-electron chi connectivity index (χ3n) is 3.28. The molecule has 0 aliphatic rings. The van der Waals surface area contributed by atoms with Crippen molar-refractivity contribution < 1.29 is 9.59 Å². The van der Waals surface area contributed by atoms with E-state index in [2.05, 4.69) is 10.6 Å². The van der Waals surface area contributed by atoms with Gasteiger partial charge in [-0.15, -0.1) is 0 Å². The number of rotatable bonds is 4. The zero-order chi connectivity index (χ0) is 16.8. The maximum atomic E-state index is 12.1. The third kappa shape index (κ3) is 4.42. The number of nitrogens with one attached hydrogen (secondary N) is 2. The highest BCUT2D eigenvalue weighted by Crippen LogP contribution is 2.10. The molecular weight excluding hydrogens is 290 g/mol. The molecule has 0 radical (unpaired) electrons. The first-order valence-electron chi connectivity index (χ1n) is 7.18. The average Bonchev–Trinajstić information content (AvgIpc) is 2.54. The topological polar surface area (TPSA) is 82.0 Å². The Hall–Kier alpha value is -3.13. The van der Waals surface area contributed by atoms with Gasteiger partial charge in [-0.2, -0.15) is 5.26 Å². The SMILES string of the molecule is Cc1cccc(C(=O)N[C@@H](C)C(=O)Nc2cccc(C#N)c2)c1. The molecule has 116 valence electrons. The van der Waals surface area contributed by atoms with E-state index in [-0.39, 0.29) is 11.8 Å². The monoisotopic (exact) mass is 307 g/mol. The summed E-state index contributed by atoms with van der Waals surface area (Å²) in [7, 11) is 0. The normalized spacial score (nSPS) is 11.2. The summed E-state index contributed by atoms with van der Waals surface area (Å²) in [5.74, 6) is -0.650. The Bertz CT molecular complexity index is 778. The highest BCUT2D eigenvalue weighted by Gasteiger charge is 2.16. The zero-order valence-electron chi connectivity index (χ0n) is 13.0. The molecule has 0 aromatic heterocycles. The minimum Gasteiger partial charge on any atom is -0.341 e. The first kappa shape index (κ1) is 16.2. The van der Waals surface area contributed by atoms with Crippen LogP contribution >= 0.6 is 0 Å². The number of amides is 2. The van der Waals surface area contributed by atoms with Crippen molar-refractivity contribution in [2.45, 2.75) is 19.9 Å². The second-order valence-electron chi connectivity index (χ2n) is 5.25. The second-order valence-corrected chi connectivity index (χ2v) is 5.25. The van der Waals surface area contributed by atoms with Crippen LogP contribution in [-0.4, -0.2) is 17.9 Å². The number of nitriles is 1. The van der Waals surface area contributed by atoms with Gasteiger partial charge in [-0.1, -0.05) is 23.8 Å². The van der Waals surface area contributed by atoms with Crippen molar-refractivity contribution >= 4 is 17.5 Å². The number of aryl methyl sites for hydroxylation is 1. The molecule has 0 aliphatic carbocycles. The molecule has 2 aromatic rings. The van der Waals surface area contributed by atoms with Gasteiger partial charge >= 0.3 is 0 Å². The number of benzene rings is 2. The predicted molar refractivity (Wildman–Crippen MR) is 87.9 cm³/mol. The van der Waals surface area contributed by atoms with Crippen LogP contribution in [-0.2, 0) is 4.79 Å². The van der Waals surface area contributed by atoms with Crippen molar-refractivity contribution in [3.63, 3.8) is 0 Å². The van der Waals surface area contributed by atoms with Gasteiger partial charge in [-0.25, -0.2) is 0 Å². The van der Waals surface area contributed by atoms with Crippen molar-refractivity contribution in [3.05, 3.63) is 65.2 Å². The summed E-state index contributed by atoms with van der Waals surface area (Å²) in [6, 6.07) is 15.1. The number of anilines is 1. The molecule has 0 spiro atoms. The summed E-state index contributed by atoms with van der Waals surface area (Å²) in [5, 5.41) is 14.2. The van der Waals surface area contributed by atoms with Crippen molar-refractivity contribution in [1.29, 1.82) is 5.26 Å². The smallest absolute Gasteiger partial charge is 0.251 e. The number of carbonyl (C=O) groups excluding carboxylic acids is 2. The molecule has 2 rings (SSSR count). The van der Waals surface area contributed by atoms with E-state index in [0.717, 1.165) is 5.56 Å². The summed E-state index contributed by atoms with van der Waals surface area (Å²) in [6.45, 7) is 3.51. The molecule has 1 atom stereocenters. The van der Waals surface area contributed by atoms with Crippen LogP contribution in [0.3, 0.4) is 0 Å². The largest absolute Gasteiger partial charge is 0.341 e. The lowest BCUT2D eigenvalue weighted by molar-refractivity contribution is -0.117. The fourth-order valence-electron chi connectivity index (χ4n) is 2.05. The molecule has 2 N–H and O–H groups in total. The molecule has 0 saturated carbocycles. The summed E-state index contributed by atoms with van der Waals surface area (Å²) in [4.78, 5) is 24.3. The Kier molecular flexibility index (Phi) is 5.11. The maximum Gasteiger partial charge on any atom is 0.251 e. The Labute approximate surface area is 134 Å². The van der Waals surface area contributed by atoms with Gasteiger partial charge < -0.3 is 10.6 Å². The summed E-state index contributed by atoms with van der Waals surface area (Å²) in [5.41, 5.74) is 2.46. The van der Waals surface area contributed by atoms with Gasteiger partial charge in [0.05, 0.1) is 11.6 Å². The van der Waals surface area contributed by atoms with E-state index in [1.807, 2.05) is 19.1 Å². The minimum atomic E-state index is -0.700. The highest BCUT2D eigenvalue weighted by atomic mass is 16.2. The van der Waals surface area contributed by atoms with E-state index in [1.54, 1.807) is 49.4 Å². The lowest BCUT2D eigenvalue weighted by Crippen LogP contribution is -2.41. The van der Waals surface area contributed by atoms with Gasteiger partial charge in [0.2, 0.25) is 5.91 Å². The van der Waals surface area contributed by atoms with Crippen LogP contribution in [0, 0.1) is 18.3 Å². The molecule has 2 amide bonds. The van der Waals surface area contributed by atoms with Crippen LogP contribution in [0.1, 0.15) is 28.4 Å². The van der Waals surface area contributed by atoms with Crippen LogP contribution < -0.4 is 10.6 Å². The molecule has 23 heavy (non-hydrogen) atoms. The molecule has 0 heterocycles. The summed E-state index contributed by atoms with van der Waals surface area (Å²) in [6.07, 6.45) is 0. The highest BCUT2D eigenvalue weighted by molar-refractivity contribution is 6.01. The molecular formula is C18H17N3O2. The summed E-state index contributed by atoms with van der Waals surface area (Å²) >= 11 is 0. The van der Waals surface area contributed by atoms with Crippen LogP contribution in [0.15, 0.2) is 48.5 Å². The first-order valence-corrected chi connectivity index (χ1v) is 7.18. The van der Waals surface area contributed by atoms with E-state index in [4.69, 9.17) is 5.26 Å². The van der Waals surface area contributed by atoms with Gasteiger partial charge in [0.25, 0.3) is 5.91 Å². The minimum absolute atomic E-state index is 0.304. The van der Waals surface area contributed by atoms with Gasteiger partial charge in [0, 0.05) is 11.3 Å². The lowest BCUT2D eigenvalue weighted by Gasteiger charge is -2.14. The van der Waals surface area contributed by atoms with Crippen molar-refractivity contribution in [3.8, 4) is 6.07 Å². The van der Waals surface area contributed by atoms with Crippen molar-refractivity contribution in [2.24, 2.45) is 0 Å². The van der Waals surface area contributed by atoms with Gasteiger partial charge in [-0.05, 0) is 44.2 Å². The van der Waals surface area contributed by atoms with Crippen LogP contribution in [0.25, 0.3) is 0 Å². The Morgan fingerprint density at radius 2 is 1.87 bits per heavy atom. The molecule has 0 unspecified atom stereocenters. The van der Waals surface area contributed by atoms with Crippen LogP contribution in [0.4, 0.5) is 5.69 Å². The molecule has 5 nitrogen and oxygen atoms in total. The molecule has 5 heteroatoms. The third-order valence-corrected chi connectivity index (χ3v) is 3.28.